The van der Waals surface area contributed by atoms with Crippen LogP contribution in [0.3, 0.4) is 0 Å². The summed E-state index contributed by atoms with van der Waals surface area (Å²) in [5.74, 6) is -5.77. The molecule has 0 aromatic heterocycles. The fourth-order valence-corrected chi connectivity index (χ4v) is 0.404. The van der Waals surface area contributed by atoms with E-state index in [9.17, 15) is 22.4 Å². The molecule has 0 atom stereocenters. The molecule has 12 heavy (non-hydrogen) atoms. The molecule has 0 aromatic rings. The first kappa shape index (κ1) is 10.9. The highest BCUT2D eigenvalue weighted by Crippen LogP contribution is 2.26. The third kappa shape index (κ3) is 3.36. The number of alkyl halides is 4. The Hall–Kier alpha value is -1.07. The van der Waals surface area contributed by atoms with Crippen LogP contribution < -0.4 is 0 Å². The molecule has 0 fully saturated rings. The molecule has 70 valence electrons. The molecule has 0 aliphatic heterocycles. The summed E-state index contributed by atoms with van der Waals surface area (Å²) in [5.41, 5.74) is 0. The minimum Gasteiger partial charge on any atom is -0.435 e. The van der Waals surface area contributed by atoms with Crippen LogP contribution >= 0.6 is 0 Å². The molecule has 0 heterocycles. The maximum absolute atomic E-state index is 12.0. The Morgan fingerprint density at radius 2 is 2.08 bits per heavy atom. The van der Waals surface area contributed by atoms with Gasteiger partial charge in [-0.15, -0.1) is 0 Å². The van der Waals surface area contributed by atoms with E-state index in [-0.39, 0.29) is 0 Å². The van der Waals surface area contributed by atoms with E-state index in [4.69, 9.17) is 0 Å². The largest absolute Gasteiger partial charge is 0.435 e. The summed E-state index contributed by atoms with van der Waals surface area (Å²) in [6.07, 6.45) is -4.91. The van der Waals surface area contributed by atoms with Crippen molar-refractivity contribution in [3.05, 3.63) is 12.8 Å². The molecule has 0 spiro atoms. The number of esters is 1. The third-order valence-corrected chi connectivity index (χ3v) is 0.914. The molecule has 0 amide bonds. The Morgan fingerprint density at radius 1 is 1.58 bits per heavy atom. The predicted octanol–water partition coefficient (Wildman–Crippen LogP) is 1.96. The fourth-order valence-electron chi connectivity index (χ4n) is 0.404. The van der Waals surface area contributed by atoms with Crippen LogP contribution in [-0.4, -0.2) is 18.3 Å². The second-order valence-corrected chi connectivity index (χ2v) is 1.90. The zero-order chi connectivity index (χ0) is 9.78. The van der Waals surface area contributed by atoms with Gasteiger partial charge in [0.15, 0.2) is 0 Å². The molecule has 0 rings (SSSR count). The van der Waals surface area contributed by atoms with Crippen LogP contribution in [0.4, 0.5) is 17.6 Å². The van der Waals surface area contributed by atoms with Crippen molar-refractivity contribution in [3.8, 4) is 0 Å². The monoisotopic (exact) mass is 186 g/mol. The number of hydrogen-bond acceptors (Lipinski definition) is 2. The number of carbonyl (C=O) groups is 1. The Balaban J connectivity index is 4.05. The molecule has 6 heteroatoms. The topological polar surface area (TPSA) is 26.3 Å². The Bertz CT molecular complexity index is 178. The molecular weight excluding hydrogens is 180 g/mol. The highest BCUT2D eigenvalue weighted by atomic mass is 19.3. The molecule has 0 aromatic carbocycles. The molecule has 0 saturated carbocycles. The van der Waals surface area contributed by atoms with Crippen LogP contribution in [0.2, 0.25) is 0 Å². The van der Waals surface area contributed by atoms with Gasteiger partial charge >= 0.3 is 18.3 Å². The van der Waals surface area contributed by atoms with Crippen LogP contribution in [-0.2, 0) is 9.53 Å². The van der Waals surface area contributed by atoms with E-state index in [1.807, 2.05) is 0 Å². The van der Waals surface area contributed by atoms with Crippen molar-refractivity contribution in [1.29, 1.82) is 0 Å². The first-order chi connectivity index (χ1) is 5.40. The number of hydrogen-bond donors (Lipinski definition) is 0. The lowest BCUT2D eigenvalue weighted by atomic mass is 10.2. The van der Waals surface area contributed by atoms with Gasteiger partial charge in [0.2, 0.25) is 0 Å². The van der Waals surface area contributed by atoms with E-state index in [0.29, 0.717) is 6.26 Å². The van der Waals surface area contributed by atoms with E-state index in [1.165, 1.54) is 0 Å². The van der Waals surface area contributed by atoms with Gasteiger partial charge in [-0.3, -0.25) is 4.79 Å². The van der Waals surface area contributed by atoms with E-state index >= 15 is 0 Å². The lowest BCUT2D eigenvalue weighted by Gasteiger charge is -2.12. The summed E-state index contributed by atoms with van der Waals surface area (Å²) in [7, 11) is 0. The fraction of sp³-hybridized carbons (Fsp3) is 0.500. The molecule has 0 aliphatic carbocycles. The summed E-state index contributed by atoms with van der Waals surface area (Å²) in [6, 6.07) is 0. The molecule has 0 aliphatic rings. The maximum Gasteiger partial charge on any atom is 0.317 e. The number of rotatable bonds is 4. The van der Waals surface area contributed by atoms with Crippen molar-refractivity contribution < 1.29 is 27.1 Å². The average molecular weight is 186 g/mol. The highest BCUT2D eigenvalue weighted by Gasteiger charge is 2.43. The number of carbonyl (C=O) groups excluding carboxylic acids is 1. The molecular formula is C6H6F4O2. The summed E-state index contributed by atoms with van der Waals surface area (Å²) in [5, 5.41) is 0. The van der Waals surface area contributed by atoms with Crippen LogP contribution in [0, 0.1) is 0 Å². The van der Waals surface area contributed by atoms with E-state index in [1.54, 1.807) is 0 Å². The standard InChI is InChI=1S/C6H6F4O2/c1-2-12-4(11)3-6(9,10)5(7)8/h2,5H,1,3H2. The van der Waals surface area contributed by atoms with E-state index < -0.39 is 24.7 Å². The van der Waals surface area contributed by atoms with Crippen LogP contribution in [0.1, 0.15) is 6.42 Å². The average Bonchev–Trinajstić information content (AvgIpc) is 1.85. The van der Waals surface area contributed by atoms with Crippen molar-refractivity contribution in [2.75, 3.05) is 0 Å². The van der Waals surface area contributed by atoms with E-state index in [2.05, 4.69) is 11.3 Å². The zero-order valence-electron chi connectivity index (χ0n) is 5.90. The lowest BCUT2D eigenvalue weighted by Crippen LogP contribution is -2.29. The predicted molar refractivity (Wildman–Crippen MR) is 31.9 cm³/mol. The molecule has 0 radical (unpaired) electrons. The Labute approximate surface area is 65.8 Å². The Morgan fingerprint density at radius 3 is 2.42 bits per heavy atom. The summed E-state index contributed by atoms with van der Waals surface area (Å²) in [4.78, 5) is 10.3. The Kier molecular flexibility index (Phi) is 3.72. The zero-order valence-corrected chi connectivity index (χ0v) is 5.90. The van der Waals surface area contributed by atoms with Gasteiger partial charge < -0.3 is 4.74 Å². The van der Waals surface area contributed by atoms with Crippen LogP contribution in [0.15, 0.2) is 12.8 Å². The normalized spacial score (nSPS) is 11.4. The summed E-state index contributed by atoms with van der Waals surface area (Å²) >= 11 is 0. The van der Waals surface area contributed by atoms with Crippen molar-refractivity contribution >= 4 is 5.97 Å². The second kappa shape index (κ2) is 4.08. The van der Waals surface area contributed by atoms with Gasteiger partial charge in [0.1, 0.15) is 6.42 Å². The van der Waals surface area contributed by atoms with Crippen LogP contribution in [0.5, 0.6) is 0 Å². The van der Waals surface area contributed by atoms with Gasteiger partial charge in [0, 0.05) is 0 Å². The van der Waals surface area contributed by atoms with Gasteiger partial charge in [0.25, 0.3) is 0 Å². The molecule has 0 bridgehead atoms. The van der Waals surface area contributed by atoms with Crippen molar-refractivity contribution in [2.24, 2.45) is 0 Å². The summed E-state index contributed by atoms with van der Waals surface area (Å²) in [6.45, 7) is 2.90. The van der Waals surface area contributed by atoms with Gasteiger partial charge in [-0.05, 0) is 0 Å². The second-order valence-electron chi connectivity index (χ2n) is 1.90. The quantitative estimate of drug-likeness (QED) is 0.381. The third-order valence-electron chi connectivity index (χ3n) is 0.914. The van der Waals surface area contributed by atoms with Crippen molar-refractivity contribution in [1.82, 2.24) is 0 Å². The first-order valence-electron chi connectivity index (χ1n) is 2.86. The SMILES string of the molecule is C=COC(=O)CC(F)(F)C(F)F. The van der Waals surface area contributed by atoms with Crippen molar-refractivity contribution in [3.63, 3.8) is 0 Å². The lowest BCUT2D eigenvalue weighted by molar-refractivity contribution is -0.164. The molecule has 0 unspecified atom stereocenters. The van der Waals surface area contributed by atoms with E-state index in [0.717, 1.165) is 0 Å². The van der Waals surface area contributed by atoms with Gasteiger partial charge in [-0.25, -0.2) is 8.78 Å². The molecule has 0 N–H and O–H groups in total. The van der Waals surface area contributed by atoms with Crippen molar-refractivity contribution in [2.45, 2.75) is 18.8 Å². The number of ether oxygens (including phenoxy) is 1. The first-order valence-corrected chi connectivity index (χ1v) is 2.86. The minimum absolute atomic E-state index is 0.601. The molecule has 2 nitrogen and oxygen atoms in total. The van der Waals surface area contributed by atoms with Gasteiger partial charge in [0.05, 0.1) is 6.26 Å². The maximum atomic E-state index is 12.0. The van der Waals surface area contributed by atoms with Gasteiger partial charge in [-0.2, -0.15) is 8.78 Å². The number of halogens is 4. The smallest absolute Gasteiger partial charge is 0.317 e. The van der Waals surface area contributed by atoms with Crippen LogP contribution in [0.25, 0.3) is 0 Å². The minimum atomic E-state index is -4.33. The summed E-state index contributed by atoms with van der Waals surface area (Å²) < 4.78 is 50.8. The van der Waals surface area contributed by atoms with Gasteiger partial charge in [-0.1, -0.05) is 6.58 Å². The molecule has 0 saturated heterocycles. The highest BCUT2D eigenvalue weighted by molar-refractivity contribution is 5.71.